The molecule has 1 aliphatic rings. The Kier molecular flexibility index (Phi) is 4.24. The first-order chi connectivity index (χ1) is 8.63. The van der Waals surface area contributed by atoms with Crippen molar-refractivity contribution in [1.29, 1.82) is 0 Å². The number of methoxy groups -OCH3 is 1. The standard InChI is InChI=1S/C13H16BrNO3/c1-17-13(16)11(15)7-8-4-5-10(14)9-3-2-6-18-12(8)9/h4-5,11H,2-3,6-7,15H2,1H3/t11-/m0/s1. The molecule has 4 nitrogen and oxygen atoms in total. The molecule has 0 unspecified atom stereocenters. The predicted octanol–water partition coefficient (Wildman–Crippen LogP) is 1.82. The normalized spacial score (nSPS) is 15.5. The minimum Gasteiger partial charge on any atom is -0.493 e. The molecule has 1 aromatic carbocycles. The fourth-order valence-corrected chi connectivity index (χ4v) is 2.63. The topological polar surface area (TPSA) is 61.5 Å². The molecule has 0 aliphatic carbocycles. The molecule has 5 heteroatoms. The summed E-state index contributed by atoms with van der Waals surface area (Å²) in [6, 6.07) is 3.27. The van der Waals surface area contributed by atoms with Gasteiger partial charge in [0.1, 0.15) is 11.8 Å². The third-order valence-electron chi connectivity index (χ3n) is 3.05. The quantitative estimate of drug-likeness (QED) is 0.865. The Hall–Kier alpha value is -1.07. The van der Waals surface area contributed by atoms with E-state index in [4.69, 9.17) is 10.5 Å². The van der Waals surface area contributed by atoms with Crippen LogP contribution in [-0.2, 0) is 22.4 Å². The van der Waals surface area contributed by atoms with Crippen LogP contribution in [0.25, 0.3) is 0 Å². The van der Waals surface area contributed by atoms with Gasteiger partial charge in [-0.1, -0.05) is 22.0 Å². The van der Waals surface area contributed by atoms with E-state index in [2.05, 4.69) is 20.7 Å². The van der Waals surface area contributed by atoms with Crippen molar-refractivity contribution in [2.75, 3.05) is 13.7 Å². The highest BCUT2D eigenvalue weighted by Gasteiger charge is 2.21. The molecule has 0 fully saturated rings. The summed E-state index contributed by atoms with van der Waals surface area (Å²) in [7, 11) is 1.34. The van der Waals surface area contributed by atoms with Gasteiger partial charge < -0.3 is 15.2 Å². The van der Waals surface area contributed by atoms with Crippen molar-refractivity contribution in [2.45, 2.75) is 25.3 Å². The number of ether oxygens (including phenoxy) is 2. The van der Waals surface area contributed by atoms with E-state index in [0.717, 1.165) is 34.2 Å². The van der Waals surface area contributed by atoms with Crippen LogP contribution in [0.1, 0.15) is 17.5 Å². The van der Waals surface area contributed by atoms with E-state index in [1.54, 1.807) is 0 Å². The monoisotopic (exact) mass is 313 g/mol. The van der Waals surface area contributed by atoms with E-state index in [-0.39, 0.29) is 0 Å². The SMILES string of the molecule is COC(=O)[C@@H](N)Cc1ccc(Br)c2c1OCCC2. The summed E-state index contributed by atoms with van der Waals surface area (Å²) in [6.07, 6.45) is 2.43. The van der Waals surface area contributed by atoms with Crippen LogP contribution in [-0.4, -0.2) is 25.7 Å². The zero-order valence-electron chi connectivity index (χ0n) is 10.2. The van der Waals surface area contributed by atoms with Crippen molar-refractivity contribution in [3.8, 4) is 5.75 Å². The van der Waals surface area contributed by atoms with Crippen LogP contribution in [0.2, 0.25) is 0 Å². The first-order valence-corrected chi connectivity index (χ1v) is 6.69. The first-order valence-electron chi connectivity index (χ1n) is 5.90. The molecule has 2 rings (SSSR count). The average molecular weight is 314 g/mol. The van der Waals surface area contributed by atoms with E-state index in [1.165, 1.54) is 7.11 Å². The zero-order chi connectivity index (χ0) is 13.1. The highest BCUT2D eigenvalue weighted by molar-refractivity contribution is 9.10. The summed E-state index contributed by atoms with van der Waals surface area (Å²) >= 11 is 3.52. The Labute approximate surface area is 115 Å². The summed E-state index contributed by atoms with van der Waals surface area (Å²) in [4.78, 5) is 11.4. The van der Waals surface area contributed by atoms with E-state index < -0.39 is 12.0 Å². The number of nitrogens with two attached hydrogens (primary N) is 1. The number of hydrogen-bond donors (Lipinski definition) is 1. The second kappa shape index (κ2) is 5.71. The fraction of sp³-hybridized carbons (Fsp3) is 0.462. The highest BCUT2D eigenvalue weighted by Crippen LogP contribution is 2.35. The molecule has 1 heterocycles. The summed E-state index contributed by atoms with van der Waals surface area (Å²) in [5.41, 5.74) is 7.92. The van der Waals surface area contributed by atoms with Gasteiger partial charge in [-0.3, -0.25) is 4.79 Å². The second-order valence-electron chi connectivity index (χ2n) is 4.30. The summed E-state index contributed by atoms with van der Waals surface area (Å²) < 4.78 is 11.4. The molecular formula is C13H16BrNO3. The number of halogens is 1. The predicted molar refractivity (Wildman–Crippen MR) is 71.7 cm³/mol. The summed E-state index contributed by atoms with van der Waals surface area (Å²) in [5, 5.41) is 0. The van der Waals surface area contributed by atoms with Gasteiger partial charge in [-0.25, -0.2) is 0 Å². The van der Waals surface area contributed by atoms with Gasteiger partial charge in [0.15, 0.2) is 0 Å². The van der Waals surface area contributed by atoms with Crippen molar-refractivity contribution < 1.29 is 14.3 Å². The summed E-state index contributed by atoms with van der Waals surface area (Å²) in [6.45, 7) is 0.712. The molecule has 2 N–H and O–H groups in total. The van der Waals surface area contributed by atoms with E-state index in [1.807, 2.05) is 12.1 Å². The van der Waals surface area contributed by atoms with Gasteiger partial charge in [-0.15, -0.1) is 0 Å². The van der Waals surface area contributed by atoms with Crippen LogP contribution in [0.5, 0.6) is 5.75 Å². The molecule has 1 aliphatic heterocycles. The van der Waals surface area contributed by atoms with Crippen molar-refractivity contribution >= 4 is 21.9 Å². The third kappa shape index (κ3) is 2.67. The number of esters is 1. The molecule has 18 heavy (non-hydrogen) atoms. The van der Waals surface area contributed by atoms with E-state index >= 15 is 0 Å². The Morgan fingerprint density at radius 1 is 1.61 bits per heavy atom. The van der Waals surface area contributed by atoms with Gasteiger partial charge in [-0.2, -0.15) is 0 Å². The van der Waals surface area contributed by atoms with Crippen LogP contribution in [0.3, 0.4) is 0 Å². The van der Waals surface area contributed by atoms with Crippen molar-refractivity contribution in [2.24, 2.45) is 5.73 Å². The Morgan fingerprint density at radius 3 is 3.11 bits per heavy atom. The first kappa shape index (κ1) is 13.4. The second-order valence-corrected chi connectivity index (χ2v) is 5.15. The lowest BCUT2D eigenvalue weighted by Gasteiger charge is -2.22. The lowest BCUT2D eigenvalue weighted by atomic mass is 9.98. The van der Waals surface area contributed by atoms with Gasteiger partial charge >= 0.3 is 5.97 Å². The number of benzene rings is 1. The molecular weight excluding hydrogens is 298 g/mol. The van der Waals surface area contributed by atoms with Crippen LogP contribution in [0, 0.1) is 0 Å². The van der Waals surface area contributed by atoms with Crippen LogP contribution in [0.4, 0.5) is 0 Å². The van der Waals surface area contributed by atoms with Gasteiger partial charge in [0.25, 0.3) is 0 Å². The molecule has 0 saturated heterocycles. The lowest BCUT2D eigenvalue weighted by molar-refractivity contribution is -0.142. The maximum atomic E-state index is 11.4. The minimum absolute atomic E-state index is 0.400. The Bertz CT molecular complexity index is 462. The number of carbonyl (C=O) groups excluding carboxylic acids is 1. The van der Waals surface area contributed by atoms with Gasteiger partial charge in [0.05, 0.1) is 13.7 Å². The van der Waals surface area contributed by atoms with E-state index in [9.17, 15) is 4.79 Å². The molecule has 0 radical (unpaired) electrons. The molecule has 0 saturated carbocycles. The van der Waals surface area contributed by atoms with Crippen LogP contribution >= 0.6 is 15.9 Å². The number of rotatable bonds is 3. The summed E-state index contributed by atoms with van der Waals surface area (Å²) in [5.74, 6) is 0.470. The van der Waals surface area contributed by atoms with Crippen LogP contribution < -0.4 is 10.5 Å². The average Bonchev–Trinajstić information content (AvgIpc) is 2.41. The zero-order valence-corrected chi connectivity index (χ0v) is 11.8. The fourth-order valence-electron chi connectivity index (χ4n) is 2.12. The smallest absolute Gasteiger partial charge is 0.322 e. The molecule has 0 bridgehead atoms. The van der Waals surface area contributed by atoms with Crippen molar-refractivity contribution in [3.05, 3.63) is 27.7 Å². The molecule has 98 valence electrons. The third-order valence-corrected chi connectivity index (χ3v) is 3.79. The van der Waals surface area contributed by atoms with E-state index in [0.29, 0.717) is 13.0 Å². The number of fused-ring (bicyclic) bond motifs is 1. The largest absolute Gasteiger partial charge is 0.493 e. The molecule has 0 amide bonds. The number of carbonyl (C=O) groups is 1. The Morgan fingerprint density at radius 2 is 2.39 bits per heavy atom. The maximum absolute atomic E-state index is 11.4. The van der Waals surface area contributed by atoms with Gasteiger partial charge in [0.2, 0.25) is 0 Å². The molecule has 1 aromatic rings. The van der Waals surface area contributed by atoms with Crippen molar-refractivity contribution in [3.63, 3.8) is 0 Å². The maximum Gasteiger partial charge on any atom is 0.322 e. The highest BCUT2D eigenvalue weighted by atomic mass is 79.9. The molecule has 1 atom stereocenters. The van der Waals surface area contributed by atoms with Crippen LogP contribution in [0.15, 0.2) is 16.6 Å². The lowest BCUT2D eigenvalue weighted by Crippen LogP contribution is -2.34. The molecule has 0 aromatic heterocycles. The van der Waals surface area contributed by atoms with Gasteiger partial charge in [0, 0.05) is 16.5 Å². The number of hydrogen-bond acceptors (Lipinski definition) is 4. The Balaban J connectivity index is 2.26. The molecule has 0 spiro atoms. The van der Waals surface area contributed by atoms with Crippen molar-refractivity contribution in [1.82, 2.24) is 0 Å². The minimum atomic E-state index is -0.647. The van der Waals surface area contributed by atoms with Gasteiger partial charge in [-0.05, 0) is 24.5 Å².